The number of carbonyl (C=O) groups excluding carboxylic acids is 1. The quantitative estimate of drug-likeness (QED) is 0.709. The van der Waals surface area contributed by atoms with Crippen molar-refractivity contribution in [1.82, 2.24) is 14.9 Å². The van der Waals surface area contributed by atoms with Gasteiger partial charge in [0.15, 0.2) is 0 Å². The van der Waals surface area contributed by atoms with Crippen molar-refractivity contribution in [3.63, 3.8) is 0 Å². The Balaban J connectivity index is 1.51. The number of aromatic nitrogens is 2. The minimum absolute atomic E-state index is 0.0477. The largest absolute Gasteiger partial charge is 0.384 e. The molecule has 5 heteroatoms. The highest BCUT2D eigenvalue weighted by atomic mass is 16.5. The fraction of sp³-hybridized carbons (Fsp3) is 0.318. The number of methoxy groups -OCH3 is 1. The van der Waals surface area contributed by atoms with Crippen molar-refractivity contribution in [3.8, 4) is 11.3 Å². The Morgan fingerprint density at radius 3 is 2.89 bits per heavy atom. The summed E-state index contributed by atoms with van der Waals surface area (Å²) in [6, 6.07) is 13.8. The number of nitrogens with zero attached hydrogens (tertiary/aromatic N) is 3. The zero-order valence-electron chi connectivity index (χ0n) is 15.5. The minimum Gasteiger partial charge on any atom is -0.384 e. The monoisotopic (exact) mass is 361 g/mol. The van der Waals surface area contributed by atoms with Crippen LogP contribution in [0.3, 0.4) is 0 Å². The molecule has 1 aliphatic rings. The Morgan fingerprint density at radius 2 is 2.07 bits per heavy atom. The highest BCUT2D eigenvalue weighted by Gasteiger charge is 2.24. The molecule has 4 rings (SSSR count). The van der Waals surface area contributed by atoms with Gasteiger partial charge in [0.25, 0.3) is 5.91 Å². The summed E-state index contributed by atoms with van der Waals surface area (Å²) in [5.74, 6) is 0.468. The second kappa shape index (κ2) is 7.84. The zero-order valence-corrected chi connectivity index (χ0v) is 15.5. The van der Waals surface area contributed by atoms with E-state index in [1.807, 2.05) is 47.5 Å². The molecular formula is C22H23N3O2. The van der Waals surface area contributed by atoms with Gasteiger partial charge in [-0.1, -0.05) is 18.2 Å². The van der Waals surface area contributed by atoms with E-state index in [1.165, 1.54) is 0 Å². The maximum absolute atomic E-state index is 12.8. The Hall–Kier alpha value is -2.79. The van der Waals surface area contributed by atoms with E-state index < -0.39 is 0 Å². The number of benzene rings is 1. The molecule has 1 fully saturated rings. The topological polar surface area (TPSA) is 55.3 Å². The second-order valence-corrected chi connectivity index (χ2v) is 7.06. The van der Waals surface area contributed by atoms with Crippen LogP contribution in [0.4, 0.5) is 0 Å². The van der Waals surface area contributed by atoms with Gasteiger partial charge in [0.2, 0.25) is 0 Å². The number of rotatable bonds is 4. The van der Waals surface area contributed by atoms with Gasteiger partial charge in [0, 0.05) is 43.5 Å². The summed E-state index contributed by atoms with van der Waals surface area (Å²) >= 11 is 0. The van der Waals surface area contributed by atoms with Crippen molar-refractivity contribution in [1.29, 1.82) is 0 Å². The third-order valence-electron chi connectivity index (χ3n) is 5.11. The van der Waals surface area contributed by atoms with Crippen molar-refractivity contribution >= 4 is 16.8 Å². The average molecular weight is 361 g/mol. The first kappa shape index (κ1) is 17.6. The van der Waals surface area contributed by atoms with E-state index in [4.69, 9.17) is 4.74 Å². The molecule has 0 bridgehead atoms. The Bertz CT molecular complexity index is 938. The SMILES string of the molecule is COCC1CCCN(C(=O)c2ccc(-c3cnc4ccccc4c3)nc2)C1. The molecule has 27 heavy (non-hydrogen) atoms. The lowest BCUT2D eigenvalue weighted by Gasteiger charge is -2.32. The molecule has 1 aromatic carbocycles. The van der Waals surface area contributed by atoms with E-state index in [2.05, 4.69) is 16.0 Å². The number of hydrogen-bond acceptors (Lipinski definition) is 4. The fourth-order valence-electron chi connectivity index (χ4n) is 3.71. The summed E-state index contributed by atoms with van der Waals surface area (Å²) in [4.78, 5) is 23.7. The lowest BCUT2D eigenvalue weighted by Crippen LogP contribution is -2.41. The van der Waals surface area contributed by atoms with Gasteiger partial charge in [-0.25, -0.2) is 0 Å². The van der Waals surface area contributed by atoms with E-state index >= 15 is 0 Å². The lowest BCUT2D eigenvalue weighted by atomic mass is 9.98. The molecule has 1 atom stereocenters. The molecule has 5 nitrogen and oxygen atoms in total. The van der Waals surface area contributed by atoms with Gasteiger partial charge in [-0.15, -0.1) is 0 Å². The molecule has 1 amide bonds. The summed E-state index contributed by atoms with van der Waals surface area (Å²) in [6.45, 7) is 2.26. The third-order valence-corrected chi connectivity index (χ3v) is 5.11. The van der Waals surface area contributed by atoms with E-state index in [0.717, 1.165) is 48.1 Å². The highest BCUT2D eigenvalue weighted by Crippen LogP contribution is 2.22. The molecule has 138 valence electrons. The Labute approximate surface area is 159 Å². The van der Waals surface area contributed by atoms with Crippen LogP contribution < -0.4 is 0 Å². The number of carbonyl (C=O) groups is 1. The number of para-hydroxylation sites is 1. The van der Waals surface area contributed by atoms with Crippen LogP contribution in [0.1, 0.15) is 23.2 Å². The molecule has 0 saturated carbocycles. The average Bonchev–Trinajstić information content (AvgIpc) is 2.73. The molecule has 2 aromatic heterocycles. The van der Waals surface area contributed by atoms with Gasteiger partial charge in [-0.05, 0) is 43.0 Å². The van der Waals surface area contributed by atoms with E-state index in [-0.39, 0.29) is 5.91 Å². The summed E-state index contributed by atoms with van der Waals surface area (Å²) in [7, 11) is 1.71. The van der Waals surface area contributed by atoms with Gasteiger partial charge in [-0.3, -0.25) is 14.8 Å². The van der Waals surface area contributed by atoms with Gasteiger partial charge < -0.3 is 9.64 Å². The molecule has 1 aliphatic heterocycles. The van der Waals surface area contributed by atoms with Crippen LogP contribution in [0, 0.1) is 5.92 Å². The molecule has 0 spiro atoms. The minimum atomic E-state index is 0.0477. The number of piperidine rings is 1. The maximum Gasteiger partial charge on any atom is 0.255 e. The number of fused-ring (bicyclic) bond motifs is 1. The molecule has 1 saturated heterocycles. The van der Waals surface area contributed by atoms with Gasteiger partial charge >= 0.3 is 0 Å². The number of amides is 1. The van der Waals surface area contributed by atoms with Crippen molar-refractivity contribution < 1.29 is 9.53 Å². The number of likely N-dealkylation sites (tertiary alicyclic amines) is 1. The van der Waals surface area contributed by atoms with Crippen LogP contribution in [0.15, 0.2) is 54.9 Å². The number of pyridine rings is 2. The van der Waals surface area contributed by atoms with E-state index in [1.54, 1.807) is 13.3 Å². The van der Waals surface area contributed by atoms with E-state index in [0.29, 0.717) is 18.1 Å². The predicted octanol–water partition coefficient (Wildman–Crippen LogP) is 3.80. The lowest BCUT2D eigenvalue weighted by molar-refractivity contribution is 0.0570. The summed E-state index contributed by atoms with van der Waals surface area (Å²) < 4.78 is 5.25. The smallest absolute Gasteiger partial charge is 0.255 e. The van der Waals surface area contributed by atoms with Crippen LogP contribution in [-0.4, -0.2) is 47.6 Å². The first-order chi connectivity index (χ1) is 13.2. The maximum atomic E-state index is 12.8. The standard InChI is InChI=1S/C22H23N3O2/c1-27-15-16-5-4-10-25(14-16)22(26)18-8-9-21(23-12-18)19-11-17-6-2-3-7-20(17)24-13-19/h2-3,6-9,11-13,16H,4-5,10,14-15H2,1H3. The number of hydrogen-bond donors (Lipinski definition) is 0. The van der Waals surface area contributed by atoms with Crippen LogP contribution in [0.2, 0.25) is 0 Å². The molecule has 0 N–H and O–H groups in total. The molecular weight excluding hydrogens is 338 g/mol. The van der Waals surface area contributed by atoms with E-state index in [9.17, 15) is 4.79 Å². The van der Waals surface area contributed by atoms with Gasteiger partial charge in [-0.2, -0.15) is 0 Å². The van der Waals surface area contributed by atoms with Crippen LogP contribution in [-0.2, 0) is 4.74 Å². The van der Waals surface area contributed by atoms with Crippen molar-refractivity contribution in [2.24, 2.45) is 5.92 Å². The fourth-order valence-corrected chi connectivity index (χ4v) is 3.71. The molecule has 1 unspecified atom stereocenters. The molecule has 3 heterocycles. The van der Waals surface area contributed by atoms with Gasteiger partial charge in [0.1, 0.15) is 0 Å². The zero-order chi connectivity index (χ0) is 18.6. The van der Waals surface area contributed by atoms with Crippen molar-refractivity contribution in [2.75, 3.05) is 26.8 Å². The van der Waals surface area contributed by atoms with Crippen LogP contribution in [0.5, 0.6) is 0 Å². The Kier molecular flexibility index (Phi) is 5.12. The highest BCUT2D eigenvalue weighted by molar-refractivity contribution is 5.94. The normalized spacial score (nSPS) is 17.2. The summed E-state index contributed by atoms with van der Waals surface area (Å²) in [5.41, 5.74) is 3.36. The first-order valence-corrected chi connectivity index (χ1v) is 9.34. The van der Waals surface area contributed by atoms with Crippen LogP contribution in [0.25, 0.3) is 22.2 Å². The molecule has 0 aliphatic carbocycles. The number of ether oxygens (including phenoxy) is 1. The first-order valence-electron chi connectivity index (χ1n) is 9.34. The van der Waals surface area contributed by atoms with Crippen LogP contribution >= 0.6 is 0 Å². The van der Waals surface area contributed by atoms with Crippen molar-refractivity contribution in [2.45, 2.75) is 12.8 Å². The second-order valence-electron chi connectivity index (χ2n) is 7.06. The molecule has 3 aromatic rings. The summed E-state index contributed by atoms with van der Waals surface area (Å²) in [6.07, 6.45) is 5.64. The third kappa shape index (κ3) is 3.83. The summed E-state index contributed by atoms with van der Waals surface area (Å²) in [5, 5.41) is 1.08. The van der Waals surface area contributed by atoms with Crippen molar-refractivity contribution in [3.05, 3.63) is 60.4 Å². The molecule has 0 radical (unpaired) electrons. The Morgan fingerprint density at radius 1 is 1.19 bits per heavy atom. The predicted molar refractivity (Wildman–Crippen MR) is 105 cm³/mol. The van der Waals surface area contributed by atoms with Gasteiger partial charge in [0.05, 0.1) is 23.4 Å².